The second-order valence-electron chi connectivity index (χ2n) is 6.68. The lowest BCUT2D eigenvalue weighted by molar-refractivity contribution is 0.275. The van der Waals surface area contributed by atoms with E-state index in [1.165, 1.54) is 37.7 Å². The molecule has 1 aliphatic carbocycles. The zero-order chi connectivity index (χ0) is 15.5. The Bertz CT molecular complexity index is 702. The minimum Gasteiger partial charge on any atom is -0.342 e. The van der Waals surface area contributed by atoms with Crippen molar-refractivity contribution in [3.63, 3.8) is 0 Å². The number of rotatable bonds is 2. The predicted molar refractivity (Wildman–Crippen MR) is 92.5 cm³/mol. The van der Waals surface area contributed by atoms with Crippen molar-refractivity contribution in [3.8, 4) is 0 Å². The summed E-state index contributed by atoms with van der Waals surface area (Å²) in [5.41, 5.74) is 3.55. The minimum atomic E-state index is 0.135. The van der Waals surface area contributed by atoms with Gasteiger partial charge < -0.3 is 5.32 Å². The molecule has 2 aromatic rings. The fourth-order valence-corrected chi connectivity index (χ4v) is 3.87. The van der Waals surface area contributed by atoms with Gasteiger partial charge in [0.1, 0.15) is 5.84 Å². The van der Waals surface area contributed by atoms with Crippen LogP contribution in [0.2, 0.25) is 0 Å². The van der Waals surface area contributed by atoms with Gasteiger partial charge in [0.2, 0.25) is 0 Å². The molecule has 4 heteroatoms. The molecule has 1 saturated carbocycles. The van der Waals surface area contributed by atoms with Gasteiger partial charge >= 0.3 is 0 Å². The third-order valence-electron chi connectivity index (χ3n) is 5.13. The van der Waals surface area contributed by atoms with Crippen molar-refractivity contribution < 1.29 is 0 Å². The molecule has 23 heavy (non-hydrogen) atoms. The van der Waals surface area contributed by atoms with Gasteiger partial charge in [0.25, 0.3) is 0 Å². The third-order valence-corrected chi connectivity index (χ3v) is 5.13. The maximum absolute atomic E-state index is 4.99. The van der Waals surface area contributed by atoms with Crippen LogP contribution in [0.1, 0.15) is 43.4 Å². The number of anilines is 1. The first-order valence-electron chi connectivity index (χ1n) is 8.52. The van der Waals surface area contributed by atoms with Crippen LogP contribution in [0.4, 0.5) is 5.69 Å². The third kappa shape index (κ3) is 2.85. The van der Waals surface area contributed by atoms with E-state index in [-0.39, 0.29) is 5.41 Å². The van der Waals surface area contributed by atoms with Crippen LogP contribution in [0.3, 0.4) is 0 Å². The molecule has 4 nitrogen and oxygen atoms in total. The van der Waals surface area contributed by atoms with Crippen LogP contribution in [0.25, 0.3) is 0 Å². The maximum atomic E-state index is 4.99. The Kier molecular flexibility index (Phi) is 3.82. The Morgan fingerprint density at radius 3 is 2.70 bits per heavy atom. The molecule has 1 fully saturated rings. The summed E-state index contributed by atoms with van der Waals surface area (Å²) in [5, 5.41) is 12.0. The first kappa shape index (κ1) is 14.4. The Morgan fingerprint density at radius 1 is 1.04 bits per heavy atom. The molecule has 118 valence electrons. The van der Waals surface area contributed by atoms with Gasteiger partial charge in [0.05, 0.1) is 24.1 Å². The van der Waals surface area contributed by atoms with Gasteiger partial charge in [-0.25, -0.2) is 0 Å². The van der Waals surface area contributed by atoms with Gasteiger partial charge in [-0.15, -0.1) is 0 Å². The van der Waals surface area contributed by atoms with Crippen LogP contribution >= 0.6 is 0 Å². The van der Waals surface area contributed by atoms with Crippen LogP contribution in [0.5, 0.6) is 0 Å². The highest BCUT2D eigenvalue weighted by Gasteiger charge is 2.41. The Morgan fingerprint density at radius 2 is 1.87 bits per heavy atom. The summed E-state index contributed by atoms with van der Waals surface area (Å²) < 4.78 is 0. The van der Waals surface area contributed by atoms with E-state index in [2.05, 4.69) is 39.8 Å². The van der Waals surface area contributed by atoms with Gasteiger partial charge in [-0.2, -0.15) is 10.2 Å². The number of hydrogen-bond acceptors (Lipinski definition) is 3. The van der Waals surface area contributed by atoms with Gasteiger partial charge in [0, 0.05) is 11.8 Å². The van der Waals surface area contributed by atoms with E-state index in [1.54, 1.807) is 6.20 Å². The average molecular weight is 306 g/mol. The Balaban J connectivity index is 1.67. The number of nitrogens with one attached hydrogen (secondary N) is 1. The zero-order valence-corrected chi connectivity index (χ0v) is 13.3. The summed E-state index contributed by atoms with van der Waals surface area (Å²) in [5.74, 6) is 1.15. The highest BCUT2D eigenvalue weighted by atomic mass is 15.1. The summed E-state index contributed by atoms with van der Waals surface area (Å²) in [6.07, 6.45) is 9.01. The van der Waals surface area contributed by atoms with E-state index in [9.17, 15) is 0 Å². The molecule has 0 bridgehead atoms. The van der Waals surface area contributed by atoms with E-state index in [0.717, 1.165) is 30.2 Å². The topological polar surface area (TPSA) is 50.2 Å². The van der Waals surface area contributed by atoms with E-state index < -0.39 is 0 Å². The molecule has 1 N–H and O–H groups in total. The van der Waals surface area contributed by atoms with Crippen molar-refractivity contribution in [2.45, 2.75) is 45.1 Å². The number of aliphatic imine (C=N–C) groups is 1. The average Bonchev–Trinajstić information content (AvgIpc) is 2.61. The van der Waals surface area contributed by atoms with Crippen molar-refractivity contribution >= 4 is 11.5 Å². The standard InChI is InChI=1S/C19H22N4/c1-3-7-15(8-4-1)14-20-18-19(10-5-2-6-11-19)13-17-16(22-18)9-12-21-23-17/h1,3-4,7-9,12H,2,5-6,10-11,13-14H2,(H,20,22). The molecule has 1 spiro atoms. The first-order valence-corrected chi connectivity index (χ1v) is 8.52. The molecule has 1 aromatic heterocycles. The molecule has 0 amide bonds. The fraction of sp³-hybridized carbons (Fsp3) is 0.421. The lowest BCUT2D eigenvalue weighted by Gasteiger charge is -2.41. The summed E-state index contributed by atoms with van der Waals surface area (Å²) in [6, 6.07) is 12.5. The summed E-state index contributed by atoms with van der Waals surface area (Å²) in [7, 11) is 0. The van der Waals surface area contributed by atoms with E-state index in [0.29, 0.717) is 0 Å². The number of aromatic nitrogens is 2. The molecule has 1 aromatic carbocycles. The van der Waals surface area contributed by atoms with Gasteiger partial charge in [0.15, 0.2) is 0 Å². The fourth-order valence-electron chi connectivity index (χ4n) is 3.87. The molecule has 1 aliphatic heterocycles. The van der Waals surface area contributed by atoms with Crippen molar-refractivity contribution in [2.75, 3.05) is 5.32 Å². The number of nitrogens with zero attached hydrogens (tertiary/aromatic N) is 3. The minimum absolute atomic E-state index is 0.135. The van der Waals surface area contributed by atoms with E-state index in [4.69, 9.17) is 4.99 Å². The van der Waals surface area contributed by atoms with Crippen LogP contribution < -0.4 is 5.32 Å². The number of hydrogen-bond donors (Lipinski definition) is 1. The summed E-state index contributed by atoms with van der Waals surface area (Å²) in [6.45, 7) is 0.735. The zero-order valence-electron chi connectivity index (χ0n) is 13.3. The summed E-state index contributed by atoms with van der Waals surface area (Å²) >= 11 is 0. The highest BCUT2D eigenvalue weighted by Crippen LogP contribution is 2.44. The van der Waals surface area contributed by atoms with Gasteiger partial charge in [-0.1, -0.05) is 49.6 Å². The normalized spacial score (nSPS) is 21.0. The molecule has 2 heterocycles. The molecule has 0 unspecified atom stereocenters. The molecule has 2 aliphatic rings. The van der Waals surface area contributed by atoms with Crippen molar-refractivity contribution in [1.29, 1.82) is 0 Å². The SMILES string of the molecule is c1ccc(CN=C2Nc3ccnnc3CC23CCCCC3)cc1. The molecular formula is C19H22N4. The predicted octanol–water partition coefficient (Wildman–Crippen LogP) is 3.99. The molecule has 4 rings (SSSR count). The van der Waals surface area contributed by atoms with Gasteiger partial charge in [-0.3, -0.25) is 4.99 Å². The smallest absolute Gasteiger partial charge is 0.108 e. The van der Waals surface area contributed by atoms with Crippen molar-refractivity contribution in [3.05, 3.63) is 53.9 Å². The number of benzene rings is 1. The number of fused-ring (bicyclic) bond motifs is 1. The maximum Gasteiger partial charge on any atom is 0.108 e. The molecule has 0 radical (unpaired) electrons. The van der Waals surface area contributed by atoms with E-state index >= 15 is 0 Å². The second kappa shape index (κ2) is 6.11. The van der Waals surface area contributed by atoms with Crippen LogP contribution in [-0.4, -0.2) is 16.0 Å². The van der Waals surface area contributed by atoms with Crippen molar-refractivity contribution in [2.24, 2.45) is 10.4 Å². The lowest BCUT2D eigenvalue weighted by atomic mass is 9.68. The lowest BCUT2D eigenvalue weighted by Crippen LogP contribution is -2.44. The molecule has 0 saturated heterocycles. The second-order valence-corrected chi connectivity index (χ2v) is 6.68. The first-order chi connectivity index (χ1) is 11.4. The quantitative estimate of drug-likeness (QED) is 0.912. The largest absolute Gasteiger partial charge is 0.342 e. The van der Waals surface area contributed by atoms with Gasteiger partial charge in [-0.05, 0) is 24.5 Å². The van der Waals surface area contributed by atoms with E-state index in [1.807, 2.05) is 12.1 Å². The van der Waals surface area contributed by atoms with Crippen molar-refractivity contribution in [1.82, 2.24) is 10.2 Å². The molecular weight excluding hydrogens is 284 g/mol. The van der Waals surface area contributed by atoms with Crippen LogP contribution in [0, 0.1) is 5.41 Å². The molecule has 0 atom stereocenters. The highest BCUT2D eigenvalue weighted by molar-refractivity contribution is 6.02. The summed E-state index contributed by atoms with van der Waals surface area (Å²) in [4.78, 5) is 4.99. The van der Waals surface area contributed by atoms with Crippen LogP contribution in [0.15, 0.2) is 47.6 Å². The van der Waals surface area contributed by atoms with Crippen LogP contribution in [-0.2, 0) is 13.0 Å². The Hall–Kier alpha value is -2.23. The number of amidine groups is 1. The Labute approximate surface area is 137 Å². The monoisotopic (exact) mass is 306 g/mol.